The molecule has 1 aromatic rings. The quantitative estimate of drug-likeness (QED) is 0.513. The molecule has 1 fully saturated rings. The van der Waals surface area contributed by atoms with Gasteiger partial charge in [-0.3, -0.25) is 24.0 Å². The van der Waals surface area contributed by atoms with E-state index < -0.39 is 18.0 Å². The van der Waals surface area contributed by atoms with Gasteiger partial charge >= 0.3 is 0 Å². The van der Waals surface area contributed by atoms with Crippen LogP contribution in [0, 0.1) is 11.8 Å². The maximum atomic E-state index is 13.7. The van der Waals surface area contributed by atoms with E-state index >= 15 is 0 Å². The fourth-order valence-corrected chi connectivity index (χ4v) is 4.86. The van der Waals surface area contributed by atoms with Crippen LogP contribution in [0.4, 0.5) is 0 Å². The summed E-state index contributed by atoms with van der Waals surface area (Å²) < 4.78 is 6.04. The molecule has 3 N–H and O–H groups in total. The van der Waals surface area contributed by atoms with E-state index in [-0.39, 0.29) is 66.5 Å². The third-order valence-electron chi connectivity index (χ3n) is 7.46. The lowest BCUT2D eigenvalue weighted by molar-refractivity contribution is -0.135. The number of nitrogens with one attached hydrogen (secondary N) is 3. The standard InChI is InChI=1S/C29H43N5O6/c1-18(2)23-17-40-24-10-7-6-9-21(24)27(37)30-22(11-12-25(36)32-26(19(3)4)28(38)31-23)29(39)34-14-8-13-33(15-16-34)20(5)35/h6-7,9-10,18-19,22-23,26H,8,11-17H2,1-5H3,(H,30,37)(H,31,38)(H,32,36)/t22-,23+,26+/m0/s1. The molecule has 2 aliphatic heterocycles. The summed E-state index contributed by atoms with van der Waals surface area (Å²) in [6.07, 6.45) is 0.602. The minimum atomic E-state index is -0.977. The maximum Gasteiger partial charge on any atom is 0.255 e. The van der Waals surface area contributed by atoms with Crippen LogP contribution in [0.2, 0.25) is 0 Å². The van der Waals surface area contributed by atoms with Crippen LogP contribution in [-0.2, 0) is 19.2 Å². The van der Waals surface area contributed by atoms with Gasteiger partial charge in [-0.05, 0) is 36.8 Å². The van der Waals surface area contributed by atoms with Gasteiger partial charge in [0.15, 0.2) is 0 Å². The summed E-state index contributed by atoms with van der Waals surface area (Å²) in [4.78, 5) is 68.5. The van der Waals surface area contributed by atoms with Crippen LogP contribution in [0.5, 0.6) is 5.75 Å². The van der Waals surface area contributed by atoms with Crippen LogP contribution in [0.15, 0.2) is 24.3 Å². The molecule has 220 valence electrons. The summed E-state index contributed by atoms with van der Waals surface area (Å²) >= 11 is 0. The van der Waals surface area contributed by atoms with Gasteiger partial charge in [-0.1, -0.05) is 39.8 Å². The van der Waals surface area contributed by atoms with E-state index in [9.17, 15) is 24.0 Å². The Morgan fingerprint density at radius 1 is 0.900 bits per heavy atom. The van der Waals surface area contributed by atoms with Crippen molar-refractivity contribution in [1.29, 1.82) is 0 Å². The highest BCUT2D eigenvalue weighted by atomic mass is 16.5. The van der Waals surface area contributed by atoms with Gasteiger partial charge in [0.2, 0.25) is 23.6 Å². The zero-order chi connectivity index (χ0) is 29.4. The number of benzene rings is 1. The van der Waals surface area contributed by atoms with Crippen LogP contribution in [-0.4, -0.2) is 90.2 Å². The molecule has 1 aromatic carbocycles. The van der Waals surface area contributed by atoms with Crippen molar-refractivity contribution in [3.63, 3.8) is 0 Å². The molecule has 0 bridgehead atoms. The molecule has 0 unspecified atom stereocenters. The summed E-state index contributed by atoms with van der Waals surface area (Å²) in [5.74, 6) is -1.36. The molecule has 11 nitrogen and oxygen atoms in total. The van der Waals surface area contributed by atoms with Gasteiger partial charge in [0.05, 0.1) is 11.6 Å². The van der Waals surface area contributed by atoms with Crippen LogP contribution >= 0.6 is 0 Å². The van der Waals surface area contributed by atoms with Crippen molar-refractivity contribution in [2.45, 2.75) is 72.0 Å². The monoisotopic (exact) mass is 557 g/mol. The van der Waals surface area contributed by atoms with Crippen molar-refractivity contribution >= 4 is 29.5 Å². The van der Waals surface area contributed by atoms with E-state index in [1.807, 2.05) is 27.7 Å². The molecule has 0 radical (unpaired) electrons. The number of hydrogen-bond donors (Lipinski definition) is 3. The predicted molar refractivity (Wildman–Crippen MR) is 149 cm³/mol. The number of nitrogens with zero attached hydrogens (tertiary/aromatic N) is 2. The number of carbonyl (C=O) groups is 5. The third-order valence-corrected chi connectivity index (χ3v) is 7.46. The lowest BCUT2D eigenvalue weighted by Crippen LogP contribution is -2.54. The van der Waals surface area contributed by atoms with Crippen molar-refractivity contribution < 1.29 is 28.7 Å². The molecule has 5 amide bonds. The lowest BCUT2D eigenvalue weighted by Gasteiger charge is -2.28. The number of carbonyl (C=O) groups excluding carboxylic acids is 5. The second-order valence-corrected chi connectivity index (χ2v) is 11.2. The molecule has 1 saturated heterocycles. The Balaban J connectivity index is 1.91. The van der Waals surface area contributed by atoms with Crippen molar-refractivity contribution in [1.82, 2.24) is 25.8 Å². The minimum Gasteiger partial charge on any atom is -0.491 e. The molecular weight excluding hydrogens is 514 g/mol. The van der Waals surface area contributed by atoms with E-state index in [0.717, 1.165) is 0 Å². The Kier molecular flexibility index (Phi) is 10.9. The van der Waals surface area contributed by atoms with E-state index in [1.54, 1.807) is 34.1 Å². The minimum absolute atomic E-state index is 0.0266. The van der Waals surface area contributed by atoms with E-state index in [2.05, 4.69) is 16.0 Å². The summed E-state index contributed by atoms with van der Waals surface area (Å²) in [7, 11) is 0. The Hall–Kier alpha value is -3.63. The van der Waals surface area contributed by atoms with Crippen LogP contribution in [0.3, 0.4) is 0 Å². The highest BCUT2D eigenvalue weighted by Gasteiger charge is 2.32. The molecule has 0 spiro atoms. The number of rotatable bonds is 3. The molecule has 0 saturated carbocycles. The molecule has 3 rings (SSSR count). The second-order valence-electron chi connectivity index (χ2n) is 11.2. The lowest BCUT2D eigenvalue weighted by atomic mass is 10.00. The SMILES string of the molecule is CC(=O)N1CCCN(C(=O)[C@@H]2CCC(=O)N[C@H](C(C)C)C(=O)N[C@@H](C(C)C)COc3ccccc3C(=O)N2)CC1. The van der Waals surface area contributed by atoms with Gasteiger partial charge in [0.25, 0.3) is 5.91 Å². The van der Waals surface area contributed by atoms with E-state index in [1.165, 1.54) is 6.92 Å². The van der Waals surface area contributed by atoms with Crippen LogP contribution in [0.25, 0.3) is 0 Å². The van der Waals surface area contributed by atoms with Gasteiger partial charge in [0.1, 0.15) is 24.4 Å². The Bertz CT molecular complexity index is 1090. The first-order valence-electron chi connectivity index (χ1n) is 14.1. The number of para-hydroxylation sites is 1. The number of hydrogen-bond acceptors (Lipinski definition) is 6. The molecule has 2 heterocycles. The Morgan fingerprint density at radius 3 is 2.25 bits per heavy atom. The summed E-state index contributed by atoms with van der Waals surface area (Å²) in [6.45, 7) is 11.0. The van der Waals surface area contributed by atoms with Gasteiger partial charge in [-0.2, -0.15) is 0 Å². The van der Waals surface area contributed by atoms with Gasteiger partial charge in [0, 0.05) is 39.5 Å². The first kappa shape index (κ1) is 30.9. The zero-order valence-corrected chi connectivity index (χ0v) is 24.2. The van der Waals surface area contributed by atoms with Gasteiger partial charge < -0.3 is 30.5 Å². The average Bonchev–Trinajstić information content (AvgIpc) is 3.17. The normalized spacial score (nSPS) is 23.6. The summed E-state index contributed by atoms with van der Waals surface area (Å²) in [6, 6.07) is 4.65. The second kappa shape index (κ2) is 14.1. The number of amides is 5. The fraction of sp³-hybridized carbons (Fsp3) is 0.621. The highest BCUT2D eigenvalue weighted by molar-refractivity contribution is 6.00. The Morgan fingerprint density at radius 2 is 1.57 bits per heavy atom. The number of fused-ring (bicyclic) bond motifs is 1. The van der Waals surface area contributed by atoms with Gasteiger partial charge in [-0.15, -0.1) is 0 Å². The predicted octanol–water partition coefficient (Wildman–Crippen LogP) is 1.32. The van der Waals surface area contributed by atoms with Crippen molar-refractivity contribution in [2.75, 3.05) is 32.8 Å². The topological polar surface area (TPSA) is 137 Å². The zero-order valence-electron chi connectivity index (χ0n) is 24.2. The van der Waals surface area contributed by atoms with Crippen molar-refractivity contribution in [3.8, 4) is 5.75 Å². The number of ether oxygens (including phenoxy) is 1. The summed E-state index contributed by atoms with van der Waals surface area (Å²) in [5.41, 5.74) is 0.257. The van der Waals surface area contributed by atoms with Crippen molar-refractivity contribution in [2.24, 2.45) is 11.8 Å². The summed E-state index contributed by atoms with van der Waals surface area (Å²) in [5, 5.41) is 8.65. The largest absolute Gasteiger partial charge is 0.491 e. The van der Waals surface area contributed by atoms with E-state index in [4.69, 9.17) is 4.74 Å². The molecule has 2 aliphatic rings. The van der Waals surface area contributed by atoms with Crippen molar-refractivity contribution in [3.05, 3.63) is 29.8 Å². The van der Waals surface area contributed by atoms with Crippen LogP contribution in [0.1, 0.15) is 64.2 Å². The molecule has 3 atom stereocenters. The fourth-order valence-electron chi connectivity index (χ4n) is 4.86. The molecule has 11 heteroatoms. The maximum absolute atomic E-state index is 13.7. The Labute approximate surface area is 236 Å². The molecule has 0 aromatic heterocycles. The van der Waals surface area contributed by atoms with Crippen LogP contribution < -0.4 is 20.7 Å². The smallest absolute Gasteiger partial charge is 0.255 e. The first-order chi connectivity index (χ1) is 19.0. The third kappa shape index (κ3) is 8.19. The molecular formula is C29H43N5O6. The van der Waals surface area contributed by atoms with E-state index in [0.29, 0.717) is 38.3 Å². The molecule has 0 aliphatic carbocycles. The molecule has 40 heavy (non-hydrogen) atoms. The first-order valence-corrected chi connectivity index (χ1v) is 14.1. The highest BCUT2D eigenvalue weighted by Crippen LogP contribution is 2.20. The van der Waals surface area contributed by atoms with Gasteiger partial charge in [-0.25, -0.2) is 0 Å². The average molecular weight is 558 g/mol.